The molecule has 1 aromatic heterocycles. The Labute approximate surface area is 155 Å². The molecule has 1 aliphatic carbocycles. The van der Waals surface area contributed by atoms with Crippen LogP contribution in [-0.2, 0) is 20.9 Å². The van der Waals surface area contributed by atoms with E-state index in [1.165, 1.54) is 6.42 Å². The number of nitrogens with zero attached hydrogens (tertiary/aromatic N) is 2. The third kappa shape index (κ3) is 3.99. The number of likely N-dealkylation sites (tertiary alicyclic amines) is 1. The van der Waals surface area contributed by atoms with Gasteiger partial charge in [-0.3, -0.25) is 9.78 Å². The third-order valence-electron chi connectivity index (χ3n) is 5.78. The molecule has 0 radical (unpaired) electrons. The zero-order chi connectivity index (χ0) is 17.8. The van der Waals surface area contributed by atoms with E-state index < -0.39 is 0 Å². The topological polar surface area (TPSA) is 51.7 Å². The van der Waals surface area contributed by atoms with E-state index in [1.807, 2.05) is 23.2 Å². The lowest BCUT2D eigenvalue weighted by Crippen LogP contribution is -2.50. The second-order valence-electron chi connectivity index (χ2n) is 7.80. The zero-order valence-electron chi connectivity index (χ0n) is 15.4. The van der Waals surface area contributed by atoms with Crippen molar-refractivity contribution in [2.75, 3.05) is 19.7 Å². The average Bonchev–Trinajstić information content (AvgIpc) is 3.09. The van der Waals surface area contributed by atoms with Crippen molar-refractivity contribution in [1.82, 2.24) is 9.88 Å². The van der Waals surface area contributed by atoms with E-state index in [2.05, 4.69) is 11.1 Å². The molecule has 0 N–H and O–H groups in total. The van der Waals surface area contributed by atoms with E-state index in [9.17, 15) is 4.79 Å². The molecule has 3 heterocycles. The van der Waals surface area contributed by atoms with Crippen LogP contribution in [-0.4, -0.2) is 47.2 Å². The molecule has 2 atom stereocenters. The second-order valence-corrected chi connectivity index (χ2v) is 7.80. The van der Waals surface area contributed by atoms with Gasteiger partial charge >= 0.3 is 0 Å². The maximum absolute atomic E-state index is 12.8. The van der Waals surface area contributed by atoms with Crippen molar-refractivity contribution in [3.05, 3.63) is 41.7 Å². The molecule has 3 aliphatic rings. The van der Waals surface area contributed by atoms with Crippen LogP contribution in [0.3, 0.4) is 0 Å². The highest BCUT2D eigenvalue weighted by atomic mass is 16.6. The zero-order valence-corrected chi connectivity index (χ0v) is 15.4. The summed E-state index contributed by atoms with van der Waals surface area (Å²) in [5.41, 5.74) is 1.87. The van der Waals surface area contributed by atoms with E-state index in [4.69, 9.17) is 9.47 Å². The number of carbonyl (C=O) groups is 1. The van der Waals surface area contributed by atoms with Crippen molar-refractivity contribution >= 4 is 5.91 Å². The summed E-state index contributed by atoms with van der Waals surface area (Å²) >= 11 is 0. The molecule has 4 rings (SSSR count). The molecule has 2 saturated heterocycles. The van der Waals surface area contributed by atoms with Crippen molar-refractivity contribution in [1.29, 1.82) is 0 Å². The van der Waals surface area contributed by atoms with Gasteiger partial charge in [0, 0.05) is 30.9 Å². The molecule has 1 aromatic rings. The normalized spacial score (nSPS) is 29.0. The van der Waals surface area contributed by atoms with Gasteiger partial charge in [0.2, 0.25) is 5.91 Å². The highest BCUT2D eigenvalue weighted by Crippen LogP contribution is 2.36. The van der Waals surface area contributed by atoms with E-state index in [0.29, 0.717) is 19.8 Å². The van der Waals surface area contributed by atoms with Crippen molar-refractivity contribution in [3.8, 4) is 0 Å². The Morgan fingerprint density at radius 2 is 2.35 bits per heavy atom. The van der Waals surface area contributed by atoms with Crippen LogP contribution in [0.25, 0.3) is 0 Å². The number of hydrogen-bond donors (Lipinski definition) is 0. The minimum absolute atomic E-state index is 0.0964. The Morgan fingerprint density at radius 3 is 3.15 bits per heavy atom. The monoisotopic (exact) mass is 356 g/mol. The molecule has 140 valence electrons. The number of pyridine rings is 1. The number of hydrogen-bond acceptors (Lipinski definition) is 4. The summed E-state index contributed by atoms with van der Waals surface area (Å²) in [6.07, 6.45) is 13.1. The molecule has 5 heteroatoms. The Morgan fingerprint density at radius 1 is 1.38 bits per heavy atom. The van der Waals surface area contributed by atoms with Crippen molar-refractivity contribution in [2.24, 2.45) is 0 Å². The number of piperidine rings is 1. The van der Waals surface area contributed by atoms with Crippen LogP contribution in [0.1, 0.15) is 50.5 Å². The summed E-state index contributed by atoms with van der Waals surface area (Å²) in [6.45, 7) is 2.73. The first-order valence-electron chi connectivity index (χ1n) is 9.87. The summed E-state index contributed by atoms with van der Waals surface area (Å²) in [6, 6.07) is 3.95. The first-order valence-corrected chi connectivity index (χ1v) is 9.87. The highest BCUT2D eigenvalue weighted by molar-refractivity contribution is 5.93. The van der Waals surface area contributed by atoms with Gasteiger partial charge in [-0.15, -0.1) is 0 Å². The lowest BCUT2D eigenvalue weighted by Gasteiger charge is -2.40. The standard InChI is InChI=1S/C21H28N2O3/c24-20(18-7-2-1-3-8-18)23-11-5-9-21(16-23)12-19(15-26-21)25-14-17-6-4-10-22-13-17/h4,6-7,10,13,19H,1-3,5,8-9,11-12,14-16H2/t19-,21-/m0/s1. The van der Waals surface area contributed by atoms with E-state index >= 15 is 0 Å². The van der Waals surface area contributed by atoms with E-state index in [0.717, 1.165) is 56.2 Å². The molecule has 0 aromatic carbocycles. The Bertz CT molecular complexity index is 660. The summed E-state index contributed by atoms with van der Waals surface area (Å²) in [5, 5.41) is 0. The van der Waals surface area contributed by atoms with Crippen LogP contribution in [0.15, 0.2) is 36.2 Å². The molecule has 26 heavy (non-hydrogen) atoms. The Balaban J connectivity index is 1.33. The SMILES string of the molecule is O=C(C1=CCCCC1)N1CCC[C@]2(C[C@H](OCc3cccnc3)CO2)C1. The summed E-state index contributed by atoms with van der Waals surface area (Å²) in [7, 11) is 0. The number of allylic oxidation sites excluding steroid dienone is 1. The summed E-state index contributed by atoms with van der Waals surface area (Å²) < 4.78 is 12.2. The predicted molar refractivity (Wildman–Crippen MR) is 98.5 cm³/mol. The van der Waals surface area contributed by atoms with Gasteiger partial charge in [-0.1, -0.05) is 12.1 Å². The van der Waals surface area contributed by atoms with Crippen LogP contribution < -0.4 is 0 Å². The van der Waals surface area contributed by atoms with E-state index in [1.54, 1.807) is 6.20 Å². The van der Waals surface area contributed by atoms with Gasteiger partial charge in [0.1, 0.15) is 0 Å². The first kappa shape index (κ1) is 17.7. The maximum Gasteiger partial charge on any atom is 0.249 e. The van der Waals surface area contributed by atoms with Gasteiger partial charge in [-0.2, -0.15) is 0 Å². The quantitative estimate of drug-likeness (QED) is 0.831. The van der Waals surface area contributed by atoms with Crippen molar-refractivity contribution in [3.63, 3.8) is 0 Å². The second kappa shape index (κ2) is 7.89. The minimum Gasteiger partial charge on any atom is -0.371 e. The van der Waals surface area contributed by atoms with Crippen LogP contribution in [0, 0.1) is 0 Å². The summed E-state index contributed by atoms with van der Waals surface area (Å²) in [5.74, 6) is 0.229. The maximum atomic E-state index is 12.8. The van der Waals surface area contributed by atoms with E-state index in [-0.39, 0.29) is 17.6 Å². The number of aromatic nitrogens is 1. The molecule has 0 unspecified atom stereocenters. The largest absolute Gasteiger partial charge is 0.371 e. The lowest BCUT2D eigenvalue weighted by atomic mass is 9.88. The van der Waals surface area contributed by atoms with Gasteiger partial charge in [0.05, 0.1) is 31.5 Å². The van der Waals surface area contributed by atoms with Crippen LogP contribution >= 0.6 is 0 Å². The van der Waals surface area contributed by atoms with Gasteiger partial charge in [-0.25, -0.2) is 0 Å². The number of rotatable bonds is 4. The van der Waals surface area contributed by atoms with Crippen LogP contribution in [0.2, 0.25) is 0 Å². The lowest BCUT2D eigenvalue weighted by molar-refractivity contribution is -0.135. The van der Waals surface area contributed by atoms with Gasteiger partial charge in [-0.05, 0) is 50.2 Å². The molecular formula is C21H28N2O3. The number of carbonyl (C=O) groups excluding carboxylic acids is 1. The molecule has 2 fully saturated rings. The van der Waals surface area contributed by atoms with Crippen LogP contribution in [0.4, 0.5) is 0 Å². The van der Waals surface area contributed by atoms with Crippen molar-refractivity contribution in [2.45, 2.75) is 63.3 Å². The fraction of sp³-hybridized carbons (Fsp3) is 0.619. The molecule has 5 nitrogen and oxygen atoms in total. The fourth-order valence-electron chi connectivity index (χ4n) is 4.40. The third-order valence-corrected chi connectivity index (χ3v) is 5.78. The molecule has 2 aliphatic heterocycles. The highest BCUT2D eigenvalue weighted by Gasteiger charge is 2.45. The smallest absolute Gasteiger partial charge is 0.249 e. The molecular weight excluding hydrogens is 328 g/mol. The van der Waals surface area contributed by atoms with Crippen LogP contribution in [0.5, 0.6) is 0 Å². The number of ether oxygens (including phenoxy) is 2. The number of amides is 1. The molecule has 1 spiro atoms. The fourth-order valence-corrected chi connectivity index (χ4v) is 4.40. The average molecular weight is 356 g/mol. The predicted octanol–water partition coefficient (Wildman–Crippen LogP) is 3.25. The van der Waals surface area contributed by atoms with Gasteiger partial charge in [0.25, 0.3) is 0 Å². The first-order chi connectivity index (χ1) is 12.7. The molecule has 0 saturated carbocycles. The van der Waals surface area contributed by atoms with Crippen molar-refractivity contribution < 1.29 is 14.3 Å². The Hall–Kier alpha value is -1.72. The molecule has 0 bridgehead atoms. The summed E-state index contributed by atoms with van der Waals surface area (Å²) in [4.78, 5) is 19.0. The molecule has 1 amide bonds. The Kier molecular flexibility index (Phi) is 5.36. The van der Waals surface area contributed by atoms with Gasteiger partial charge < -0.3 is 14.4 Å². The minimum atomic E-state index is -0.220. The van der Waals surface area contributed by atoms with Gasteiger partial charge in [0.15, 0.2) is 0 Å².